The number of hydrogen-bond donors (Lipinski definition) is 0. The van der Waals surface area contributed by atoms with E-state index in [0.717, 1.165) is 28.8 Å². The highest BCUT2D eigenvalue weighted by molar-refractivity contribution is 5.62. The van der Waals surface area contributed by atoms with Gasteiger partial charge in [-0.25, -0.2) is 13.2 Å². The van der Waals surface area contributed by atoms with E-state index in [9.17, 15) is 13.2 Å². The third-order valence-corrected chi connectivity index (χ3v) is 7.77. The summed E-state index contributed by atoms with van der Waals surface area (Å²) in [5.41, 5.74) is 3.58. The Balaban J connectivity index is 1.30. The minimum Gasteiger partial charge on any atom is -0.374 e. The van der Waals surface area contributed by atoms with E-state index < -0.39 is 41.8 Å². The van der Waals surface area contributed by atoms with Gasteiger partial charge in [-0.15, -0.1) is 0 Å². The van der Waals surface area contributed by atoms with Crippen LogP contribution in [0.15, 0.2) is 116 Å². The van der Waals surface area contributed by atoms with Crippen molar-refractivity contribution >= 4 is 0 Å². The van der Waals surface area contributed by atoms with Gasteiger partial charge in [0.05, 0.1) is 39.2 Å². The van der Waals surface area contributed by atoms with Crippen LogP contribution in [0.3, 0.4) is 0 Å². The minimum absolute atomic E-state index is 0.163. The molecule has 232 valence electrons. The quantitative estimate of drug-likeness (QED) is 0.138. The van der Waals surface area contributed by atoms with E-state index in [1.165, 1.54) is 6.20 Å². The van der Waals surface area contributed by atoms with Crippen molar-refractivity contribution in [1.29, 1.82) is 0 Å². The molecule has 0 unspecified atom stereocenters. The molecule has 2 heterocycles. The Morgan fingerprint density at radius 1 is 0.711 bits per heavy atom. The molecular formula is C36H33F3N2O4. The summed E-state index contributed by atoms with van der Waals surface area (Å²) < 4.78 is 69.1. The maximum Gasteiger partial charge on any atom is 0.194 e. The zero-order valence-electron chi connectivity index (χ0n) is 24.5. The van der Waals surface area contributed by atoms with Crippen LogP contribution in [0.2, 0.25) is 0 Å². The van der Waals surface area contributed by atoms with Gasteiger partial charge < -0.3 is 18.9 Å². The Labute approximate surface area is 259 Å². The third-order valence-electron chi connectivity index (χ3n) is 7.77. The normalized spacial score (nSPS) is 19.9. The highest BCUT2D eigenvalue weighted by atomic mass is 19.2. The van der Waals surface area contributed by atoms with Crippen LogP contribution in [-0.4, -0.2) is 41.3 Å². The predicted molar refractivity (Wildman–Crippen MR) is 162 cm³/mol. The molecule has 9 heteroatoms. The monoisotopic (exact) mass is 614 g/mol. The summed E-state index contributed by atoms with van der Waals surface area (Å²) in [5.74, 6) is -4.06. The van der Waals surface area contributed by atoms with Crippen LogP contribution in [0.4, 0.5) is 13.2 Å². The zero-order chi connectivity index (χ0) is 31.0. The van der Waals surface area contributed by atoms with Crippen LogP contribution in [-0.2, 0) is 38.8 Å². The molecule has 0 bridgehead atoms. The van der Waals surface area contributed by atoms with Crippen molar-refractivity contribution in [2.24, 2.45) is 0 Å². The van der Waals surface area contributed by atoms with Gasteiger partial charge >= 0.3 is 0 Å². The lowest BCUT2D eigenvalue weighted by molar-refractivity contribution is -0.207. The molecule has 6 nitrogen and oxygen atoms in total. The SMILES string of the molecule is Fc1cc(-c2cnn([C@H]3[C@@H](OCc4ccccc4)[C@@H](COCc4ccccc4)OC[C@@H]3OCc3ccccc3)c2)cc(F)c1F. The molecule has 1 aliphatic heterocycles. The first kappa shape index (κ1) is 30.7. The fourth-order valence-corrected chi connectivity index (χ4v) is 5.44. The molecule has 1 aliphatic rings. The molecule has 0 radical (unpaired) electrons. The minimum atomic E-state index is -1.52. The van der Waals surface area contributed by atoms with Gasteiger partial charge in [-0.1, -0.05) is 91.0 Å². The topological polar surface area (TPSA) is 54.7 Å². The second-order valence-electron chi connectivity index (χ2n) is 10.9. The van der Waals surface area contributed by atoms with Crippen molar-refractivity contribution in [3.8, 4) is 11.1 Å². The Hall–Kier alpha value is -4.28. The number of rotatable bonds is 12. The van der Waals surface area contributed by atoms with Gasteiger partial charge in [-0.2, -0.15) is 5.10 Å². The predicted octanol–water partition coefficient (Wildman–Crippen LogP) is 7.29. The molecule has 0 N–H and O–H groups in total. The van der Waals surface area contributed by atoms with Gasteiger partial charge in [0, 0.05) is 11.8 Å². The van der Waals surface area contributed by atoms with E-state index in [4.69, 9.17) is 18.9 Å². The van der Waals surface area contributed by atoms with Crippen molar-refractivity contribution in [3.05, 3.63) is 150 Å². The number of benzene rings is 4. The maximum absolute atomic E-state index is 14.1. The largest absolute Gasteiger partial charge is 0.374 e. The standard InChI is InChI=1S/C36H33F3N2O4/c37-30-16-28(17-31(38)34(30)39)29-18-40-41(19-29)35-32(43-21-26-12-6-2-7-13-26)24-44-33(23-42-20-25-10-4-1-5-11-25)36(35)45-22-27-14-8-3-9-15-27/h1-19,32-33,35-36H,20-24H2/t32-,33+,35+,36-/m0/s1. The van der Waals surface area contributed by atoms with Crippen LogP contribution in [0, 0.1) is 17.5 Å². The van der Waals surface area contributed by atoms with E-state index in [1.807, 2.05) is 91.0 Å². The first-order valence-corrected chi connectivity index (χ1v) is 14.8. The number of nitrogens with zero attached hydrogens (tertiary/aromatic N) is 2. The van der Waals surface area contributed by atoms with Crippen LogP contribution in [0.1, 0.15) is 22.7 Å². The van der Waals surface area contributed by atoms with Crippen molar-refractivity contribution in [3.63, 3.8) is 0 Å². The molecule has 1 saturated heterocycles. The average molecular weight is 615 g/mol. The molecule has 0 spiro atoms. The molecular weight excluding hydrogens is 581 g/mol. The van der Waals surface area contributed by atoms with Gasteiger partial charge in [-0.3, -0.25) is 4.68 Å². The summed E-state index contributed by atoms with van der Waals surface area (Å²) in [6.45, 7) is 1.51. The molecule has 6 rings (SSSR count). The first-order valence-electron chi connectivity index (χ1n) is 14.8. The summed E-state index contributed by atoms with van der Waals surface area (Å²) in [4.78, 5) is 0. The Kier molecular flexibility index (Phi) is 10.0. The van der Waals surface area contributed by atoms with Crippen molar-refractivity contribution in [2.45, 2.75) is 44.2 Å². The Morgan fingerprint density at radius 3 is 1.87 bits per heavy atom. The highest BCUT2D eigenvalue weighted by Gasteiger charge is 2.44. The molecule has 1 fully saturated rings. The molecule has 45 heavy (non-hydrogen) atoms. The van der Waals surface area contributed by atoms with Gasteiger partial charge in [-0.05, 0) is 34.4 Å². The number of halogens is 3. The van der Waals surface area contributed by atoms with E-state index in [0.29, 0.717) is 25.4 Å². The van der Waals surface area contributed by atoms with E-state index in [1.54, 1.807) is 10.9 Å². The van der Waals surface area contributed by atoms with Crippen molar-refractivity contribution in [2.75, 3.05) is 13.2 Å². The van der Waals surface area contributed by atoms with Crippen LogP contribution in [0.25, 0.3) is 11.1 Å². The van der Waals surface area contributed by atoms with E-state index in [2.05, 4.69) is 5.10 Å². The summed E-state index contributed by atoms with van der Waals surface area (Å²) in [6, 6.07) is 30.8. The fourth-order valence-electron chi connectivity index (χ4n) is 5.44. The van der Waals surface area contributed by atoms with Gasteiger partial charge in [0.15, 0.2) is 17.5 Å². The van der Waals surface area contributed by atoms with Crippen LogP contribution in [0.5, 0.6) is 0 Å². The molecule has 4 aromatic carbocycles. The molecule has 0 amide bonds. The second-order valence-corrected chi connectivity index (χ2v) is 10.9. The smallest absolute Gasteiger partial charge is 0.194 e. The molecule has 0 aliphatic carbocycles. The lowest BCUT2D eigenvalue weighted by Crippen LogP contribution is -2.53. The molecule has 4 atom stereocenters. The lowest BCUT2D eigenvalue weighted by atomic mass is 9.96. The first-order chi connectivity index (χ1) is 22.0. The molecule has 5 aromatic rings. The van der Waals surface area contributed by atoms with E-state index >= 15 is 0 Å². The Bertz CT molecular complexity index is 1630. The van der Waals surface area contributed by atoms with Gasteiger partial charge in [0.2, 0.25) is 0 Å². The van der Waals surface area contributed by atoms with E-state index in [-0.39, 0.29) is 18.8 Å². The summed E-state index contributed by atoms with van der Waals surface area (Å²) in [6.07, 6.45) is 1.61. The molecule has 1 aromatic heterocycles. The fraction of sp³-hybridized carbons (Fsp3) is 0.250. The second kappa shape index (κ2) is 14.7. The summed E-state index contributed by atoms with van der Waals surface area (Å²) in [5, 5.41) is 4.59. The van der Waals surface area contributed by atoms with Crippen molar-refractivity contribution < 1.29 is 32.1 Å². The summed E-state index contributed by atoms with van der Waals surface area (Å²) >= 11 is 0. The average Bonchev–Trinajstić information content (AvgIpc) is 3.57. The zero-order valence-corrected chi connectivity index (χ0v) is 24.5. The van der Waals surface area contributed by atoms with Gasteiger partial charge in [0.25, 0.3) is 0 Å². The number of aromatic nitrogens is 2. The Morgan fingerprint density at radius 2 is 1.27 bits per heavy atom. The third kappa shape index (κ3) is 7.69. The van der Waals surface area contributed by atoms with Gasteiger partial charge in [0.1, 0.15) is 24.4 Å². The maximum atomic E-state index is 14.1. The van der Waals surface area contributed by atoms with Crippen LogP contribution >= 0.6 is 0 Å². The van der Waals surface area contributed by atoms with Crippen molar-refractivity contribution in [1.82, 2.24) is 9.78 Å². The van der Waals surface area contributed by atoms with Crippen LogP contribution < -0.4 is 0 Å². The summed E-state index contributed by atoms with van der Waals surface area (Å²) in [7, 11) is 0. The molecule has 0 saturated carbocycles. The highest BCUT2D eigenvalue weighted by Crippen LogP contribution is 2.34. The number of ether oxygens (including phenoxy) is 4. The number of hydrogen-bond acceptors (Lipinski definition) is 5. The lowest BCUT2D eigenvalue weighted by Gasteiger charge is -2.42.